The van der Waals surface area contributed by atoms with Crippen LogP contribution in [0.3, 0.4) is 0 Å². The van der Waals surface area contributed by atoms with Crippen molar-refractivity contribution in [2.45, 2.75) is 43.6 Å². The third-order valence-corrected chi connectivity index (χ3v) is 7.03. The maximum atomic E-state index is 9.58. The number of aromatic nitrogens is 1. The number of rotatable bonds is 5. The second-order valence-corrected chi connectivity index (χ2v) is 8.53. The molecule has 4 rings (SSSR count). The SMILES string of the molecule is CN(C)C1(c2ccsc2)CCC(c2[nH]c3ccccc3c2CCO)CC1. The van der Waals surface area contributed by atoms with Gasteiger partial charge in [0.15, 0.2) is 0 Å². The molecule has 1 aromatic carbocycles. The van der Waals surface area contributed by atoms with Gasteiger partial charge in [-0.25, -0.2) is 0 Å². The normalized spacial score (nSPS) is 23.8. The molecule has 0 radical (unpaired) electrons. The molecule has 1 aliphatic carbocycles. The molecule has 4 heteroatoms. The predicted octanol–water partition coefficient (Wildman–Crippen LogP) is 4.88. The number of H-pyrrole nitrogens is 1. The molecule has 0 amide bonds. The zero-order chi connectivity index (χ0) is 18.1. The Kier molecular flexibility index (Phi) is 4.91. The Hall–Kier alpha value is -1.62. The lowest BCUT2D eigenvalue weighted by Gasteiger charge is -2.45. The van der Waals surface area contributed by atoms with Crippen LogP contribution in [0.25, 0.3) is 10.9 Å². The first-order valence-electron chi connectivity index (χ1n) is 9.56. The fourth-order valence-electron chi connectivity index (χ4n) is 4.86. The van der Waals surface area contributed by atoms with Gasteiger partial charge in [-0.15, -0.1) is 0 Å². The summed E-state index contributed by atoms with van der Waals surface area (Å²) in [6.07, 6.45) is 5.45. The van der Waals surface area contributed by atoms with E-state index in [9.17, 15) is 5.11 Å². The van der Waals surface area contributed by atoms with Crippen LogP contribution in [0.5, 0.6) is 0 Å². The molecule has 0 spiro atoms. The van der Waals surface area contributed by atoms with Crippen LogP contribution in [-0.4, -0.2) is 35.7 Å². The number of nitrogens with zero attached hydrogens (tertiary/aromatic N) is 1. The van der Waals surface area contributed by atoms with Crippen molar-refractivity contribution in [2.24, 2.45) is 0 Å². The molecule has 26 heavy (non-hydrogen) atoms. The van der Waals surface area contributed by atoms with Crippen LogP contribution in [0, 0.1) is 0 Å². The summed E-state index contributed by atoms with van der Waals surface area (Å²) < 4.78 is 0. The number of aliphatic hydroxyl groups excluding tert-OH is 1. The zero-order valence-electron chi connectivity index (χ0n) is 15.7. The number of fused-ring (bicyclic) bond motifs is 1. The van der Waals surface area contributed by atoms with E-state index in [1.807, 2.05) is 0 Å². The third-order valence-electron chi connectivity index (χ3n) is 6.34. The molecule has 1 aliphatic rings. The molecule has 2 heterocycles. The van der Waals surface area contributed by atoms with Crippen LogP contribution in [0.2, 0.25) is 0 Å². The molecule has 0 unspecified atom stereocenters. The van der Waals surface area contributed by atoms with Gasteiger partial charge in [0.2, 0.25) is 0 Å². The smallest absolute Gasteiger partial charge is 0.0472 e. The Morgan fingerprint density at radius 3 is 2.62 bits per heavy atom. The van der Waals surface area contributed by atoms with Gasteiger partial charge in [-0.2, -0.15) is 11.3 Å². The number of aromatic amines is 1. The average molecular weight is 369 g/mol. The molecule has 0 aliphatic heterocycles. The minimum absolute atomic E-state index is 0.166. The Labute approximate surface area is 159 Å². The van der Waals surface area contributed by atoms with Crippen molar-refractivity contribution in [3.8, 4) is 0 Å². The van der Waals surface area contributed by atoms with E-state index < -0.39 is 0 Å². The van der Waals surface area contributed by atoms with E-state index in [0.29, 0.717) is 5.92 Å². The van der Waals surface area contributed by atoms with Gasteiger partial charge in [-0.05, 0) is 86.1 Å². The van der Waals surface area contributed by atoms with Crippen LogP contribution in [0.1, 0.15) is 48.4 Å². The molecule has 0 saturated heterocycles. The summed E-state index contributed by atoms with van der Waals surface area (Å²) in [5.41, 5.74) is 5.52. The highest BCUT2D eigenvalue weighted by molar-refractivity contribution is 7.08. The zero-order valence-corrected chi connectivity index (χ0v) is 16.5. The van der Waals surface area contributed by atoms with E-state index in [-0.39, 0.29) is 12.1 Å². The highest BCUT2D eigenvalue weighted by Crippen LogP contribution is 2.47. The summed E-state index contributed by atoms with van der Waals surface area (Å²) in [6, 6.07) is 10.8. The van der Waals surface area contributed by atoms with E-state index in [0.717, 1.165) is 6.42 Å². The molecular formula is C22H28N2OS. The molecule has 0 bridgehead atoms. The first-order chi connectivity index (χ1) is 12.7. The summed E-state index contributed by atoms with van der Waals surface area (Å²) in [7, 11) is 4.44. The van der Waals surface area contributed by atoms with Gasteiger partial charge in [-0.1, -0.05) is 18.2 Å². The number of thiophene rings is 1. The van der Waals surface area contributed by atoms with Crippen molar-refractivity contribution in [1.82, 2.24) is 9.88 Å². The lowest BCUT2D eigenvalue weighted by Crippen LogP contribution is -2.43. The molecule has 1 fully saturated rings. The van der Waals surface area contributed by atoms with E-state index in [4.69, 9.17) is 0 Å². The van der Waals surface area contributed by atoms with Crippen molar-refractivity contribution in [3.05, 3.63) is 57.9 Å². The van der Waals surface area contributed by atoms with Crippen LogP contribution in [-0.2, 0) is 12.0 Å². The molecular weight excluding hydrogens is 340 g/mol. The number of aliphatic hydroxyl groups is 1. The Bertz CT molecular complexity index is 858. The van der Waals surface area contributed by atoms with Gasteiger partial charge in [-0.3, -0.25) is 4.90 Å². The lowest BCUT2D eigenvalue weighted by molar-refractivity contribution is 0.0907. The first kappa shape index (κ1) is 17.8. The second kappa shape index (κ2) is 7.18. The van der Waals surface area contributed by atoms with Crippen LogP contribution < -0.4 is 0 Å². The van der Waals surface area contributed by atoms with Gasteiger partial charge >= 0.3 is 0 Å². The van der Waals surface area contributed by atoms with Gasteiger partial charge in [0.1, 0.15) is 0 Å². The highest BCUT2D eigenvalue weighted by Gasteiger charge is 2.40. The predicted molar refractivity (Wildman–Crippen MR) is 110 cm³/mol. The van der Waals surface area contributed by atoms with E-state index in [1.54, 1.807) is 11.3 Å². The quantitative estimate of drug-likeness (QED) is 0.674. The number of para-hydroxylation sites is 1. The van der Waals surface area contributed by atoms with Crippen molar-refractivity contribution in [2.75, 3.05) is 20.7 Å². The monoisotopic (exact) mass is 368 g/mol. The summed E-state index contributed by atoms with van der Waals surface area (Å²) in [6.45, 7) is 0.206. The number of hydrogen-bond donors (Lipinski definition) is 2. The largest absolute Gasteiger partial charge is 0.396 e. The summed E-state index contributed by atoms with van der Waals surface area (Å²) in [4.78, 5) is 6.11. The van der Waals surface area contributed by atoms with Gasteiger partial charge < -0.3 is 10.1 Å². The third kappa shape index (κ3) is 2.90. The first-order valence-corrected chi connectivity index (χ1v) is 10.5. The Morgan fingerprint density at radius 1 is 1.19 bits per heavy atom. The highest BCUT2D eigenvalue weighted by atomic mass is 32.1. The van der Waals surface area contributed by atoms with E-state index in [1.165, 1.54) is 53.4 Å². The Balaban J connectivity index is 1.64. The molecule has 138 valence electrons. The van der Waals surface area contributed by atoms with Gasteiger partial charge in [0.25, 0.3) is 0 Å². The number of benzene rings is 1. The summed E-state index contributed by atoms with van der Waals surface area (Å²) in [5.74, 6) is 0.552. The Morgan fingerprint density at radius 2 is 1.96 bits per heavy atom. The fraction of sp³-hybridized carbons (Fsp3) is 0.455. The summed E-state index contributed by atoms with van der Waals surface area (Å²) >= 11 is 1.80. The average Bonchev–Trinajstić information content (AvgIpc) is 3.31. The van der Waals surface area contributed by atoms with E-state index in [2.05, 4.69) is 65.1 Å². The lowest BCUT2D eigenvalue weighted by atomic mass is 9.71. The van der Waals surface area contributed by atoms with E-state index >= 15 is 0 Å². The molecule has 3 nitrogen and oxygen atoms in total. The molecule has 2 aromatic heterocycles. The second-order valence-electron chi connectivity index (χ2n) is 7.75. The molecule has 2 N–H and O–H groups in total. The fourth-order valence-corrected chi connectivity index (χ4v) is 5.61. The van der Waals surface area contributed by atoms with Crippen LogP contribution in [0.4, 0.5) is 0 Å². The molecule has 1 saturated carbocycles. The van der Waals surface area contributed by atoms with Crippen LogP contribution in [0.15, 0.2) is 41.1 Å². The van der Waals surface area contributed by atoms with Crippen molar-refractivity contribution in [1.29, 1.82) is 0 Å². The number of hydrogen-bond acceptors (Lipinski definition) is 3. The van der Waals surface area contributed by atoms with Crippen molar-refractivity contribution < 1.29 is 5.11 Å². The molecule has 0 atom stereocenters. The summed E-state index contributed by atoms with van der Waals surface area (Å²) in [5, 5.41) is 15.4. The molecule has 3 aromatic rings. The standard InChI is InChI=1S/C22H28N2OS/c1-24(2)22(17-10-14-26-15-17)11-7-16(8-12-22)21-19(9-13-25)18-5-3-4-6-20(18)23-21/h3-6,10,14-16,23,25H,7-9,11-13H2,1-2H3. The van der Waals surface area contributed by atoms with Gasteiger partial charge in [0, 0.05) is 28.7 Å². The van der Waals surface area contributed by atoms with Crippen molar-refractivity contribution >= 4 is 22.2 Å². The maximum Gasteiger partial charge on any atom is 0.0472 e. The van der Waals surface area contributed by atoms with Crippen LogP contribution >= 0.6 is 11.3 Å². The minimum Gasteiger partial charge on any atom is -0.396 e. The van der Waals surface area contributed by atoms with Crippen molar-refractivity contribution in [3.63, 3.8) is 0 Å². The maximum absolute atomic E-state index is 9.58. The van der Waals surface area contributed by atoms with Gasteiger partial charge in [0.05, 0.1) is 0 Å². The topological polar surface area (TPSA) is 39.3 Å². The number of nitrogens with one attached hydrogen (secondary N) is 1. The minimum atomic E-state index is 0.166.